The van der Waals surface area contributed by atoms with E-state index in [2.05, 4.69) is 77.0 Å². The molecule has 4 aromatic rings. The van der Waals surface area contributed by atoms with Crippen LogP contribution >= 0.6 is 0 Å². The Bertz CT molecular complexity index is 1150. The van der Waals surface area contributed by atoms with Crippen LogP contribution in [0.3, 0.4) is 0 Å². The normalized spacial score (nSPS) is 14.5. The van der Waals surface area contributed by atoms with Gasteiger partial charge in [-0.05, 0) is 61.4 Å². The molecule has 6 rings (SSSR count). The Hall–Kier alpha value is -4.13. The third kappa shape index (κ3) is 3.79. The van der Waals surface area contributed by atoms with Gasteiger partial charge in [-0.3, -0.25) is 9.97 Å². The summed E-state index contributed by atoms with van der Waals surface area (Å²) in [4.78, 5) is 22.8. The topological polar surface area (TPSA) is 51.6 Å². The highest BCUT2D eigenvalue weighted by atomic mass is 15.4. The summed E-state index contributed by atoms with van der Waals surface area (Å²) >= 11 is 0. The van der Waals surface area contributed by atoms with E-state index in [1.807, 2.05) is 49.2 Å². The van der Waals surface area contributed by atoms with Crippen LogP contribution < -0.4 is 19.6 Å². The number of pyridine rings is 3. The smallest absolute Gasteiger partial charge is 0.158 e. The largest absolute Gasteiger partial charge is 0.352 e. The predicted octanol–water partition coefficient (Wildman–Crippen LogP) is 5.18. The molecule has 2 aliphatic heterocycles. The van der Waals surface area contributed by atoms with Gasteiger partial charge in [-0.1, -0.05) is 12.1 Å². The lowest BCUT2D eigenvalue weighted by atomic mass is 10.2. The second kappa shape index (κ2) is 9.02. The van der Waals surface area contributed by atoms with Gasteiger partial charge in [0.25, 0.3) is 0 Å². The molecule has 0 unspecified atom stereocenters. The van der Waals surface area contributed by atoms with Crippen molar-refractivity contribution in [2.45, 2.75) is 12.8 Å². The zero-order chi connectivity index (χ0) is 22.7. The lowest BCUT2D eigenvalue weighted by Crippen LogP contribution is -2.31. The maximum Gasteiger partial charge on any atom is 0.158 e. The van der Waals surface area contributed by atoms with Crippen molar-refractivity contribution in [1.82, 2.24) is 15.0 Å². The van der Waals surface area contributed by atoms with E-state index in [1.54, 1.807) is 0 Å². The molecule has 0 N–H and O–H groups in total. The van der Waals surface area contributed by atoms with Gasteiger partial charge in [0.2, 0.25) is 0 Å². The van der Waals surface area contributed by atoms with E-state index >= 15 is 0 Å². The van der Waals surface area contributed by atoms with E-state index in [1.165, 1.54) is 17.1 Å². The molecule has 5 heterocycles. The van der Waals surface area contributed by atoms with Crippen molar-refractivity contribution >= 4 is 34.3 Å². The molecule has 0 fully saturated rings. The van der Waals surface area contributed by atoms with Gasteiger partial charge >= 0.3 is 0 Å². The number of anilines is 6. The quantitative estimate of drug-likeness (QED) is 0.360. The second-order valence-electron chi connectivity index (χ2n) is 8.63. The van der Waals surface area contributed by atoms with E-state index in [4.69, 9.17) is 0 Å². The van der Waals surface area contributed by atoms with Gasteiger partial charge in [-0.25, -0.2) is 4.98 Å². The first kappa shape index (κ1) is 20.5. The molecule has 0 aliphatic carbocycles. The molecule has 0 saturated heterocycles. The van der Waals surface area contributed by atoms with E-state index < -0.39 is 0 Å². The molecule has 0 radical (unpaired) electrons. The Morgan fingerprint density at radius 1 is 0.588 bits per heavy atom. The number of hydrogen-bond acceptors (Lipinski definition) is 7. The number of benzene rings is 1. The molecule has 7 nitrogen and oxygen atoms in total. The summed E-state index contributed by atoms with van der Waals surface area (Å²) in [5.41, 5.74) is 5.95. The van der Waals surface area contributed by atoms with Crippen LogP contribution in [0.4, 0.5) is 34.3 Å². The molecule has 2 aliphatic rings. The van der Waals surface area contributed by atoms with Crippen molar-refractivity contribution < 1.29 is 0 Å². The highest BCUT2D eigenvalue weighted by Crippen LogP contribution is 2.40. The number of unbranched alkanes of at least 4 members (excludes halogenated alkanes) is 1. The Balaban J connectivity index is 1.10. The van der Waals surface area contributed by atoms with Crippen molar-refractivity contribution in [3.63, 3.8) is 0 Å². The average Bonchev–Trinajstić information content (AvgIpc) is 3.47. The van der Waals surface area contributed by atoms with Crippen molar-refractivity contribution in [3.05, 3.63) is 91.6 Å². The van der Waals surface area contributed by atoms with Crippen molar-refractivity contribution in [1.29, 1.82) is 0 Å². The molecule has 0 atom stereocenters. The zero-order valence-corrected chi connectivity index (χ0v) is 19.0. The Morgan fingerprint density at radius 2 is 1.18 bits per heavy atom. The fourth-order valence-corrected chi connectivity index (χ4v) is 4.88. The number of fused-ring (bicyclic) bond motifs is 2. The summed E-state index contributed by atoms with van der Waals surface area (Å²) in [6.07, 6.45) is 11.6. The average molecular weight is 450 g/mol. The SMILES string of the molecule is c1cncc(N2CN(CCCCN3CN(c4cccnc4)c4ncccc43)c3ccccc32)c1. The molecule has 3 aromatic heterocycles. The van der Waals surface area contributed by atoms with Crippen LogP contribution in [0, 0.1) is 0 Å². The van der Waals surface area contributed by atoms with Crippen LogP contribution in [0.5, 0.6) is 0 Å². The Labute approximate surface area is 199 Å². The van der Waals surface area contributed by atoms with Crippen LogP contribution in [0.15, 0.2) is 91.6 Å². The molecular weight excluding hydrogens is 422 g/mol. The molecule has 0 saturated carbocycles. The molecule has 34 heavy (non-hydrogen) atoms. The minimum absolute atomic E-state index is 0.805. The summed E-state index contributed by atoms with van der Waals surface area (Å²) < 4.78 is 0. The van der Waals surface area contributed by atoms with E-state index in [9.17, 15) is 0 Å². The van der Waals surface area contributed by atoms with E-state index in [0.717, 1.165) is 56.5 Å². The summed E-state index contributed by atoms with van der Waals surface area (Å²) in [5, 5.41) is 0. The zero-order valence-electron chi connectivity index (χ0n) is 19.0. The van der Waals surface area contributed by atoms with Gasteiger partial charge in [0.05, 0.1) is 54.2 Å². The number of para-hydroxylation sites is 2. The summed E-state index contributed by atoms with van der Waals surface area (Å²) in [5.74, 6) is 1.01. The summed E-state index contributed by atoms with van der Waals surface area (Å²) in [6, 6.07) is 21.0. The lowest BCUT2D eigenvalue weighted by molar-refractivity contribution is 0.678. The highest BCUT2D eigenvalue weighted by Gasteiger charge is 2.29. The minimum atomic E-state index is 0.805. The first-order chi connectivity index (χ1) is 16.9. The third-order valence-electron chi connectivity index (χ3n) is 6.52. The standard InChI is InChI=1S/C27H27N7/c1-2-11-25-24(10-1)31(20-33(25)22-8-5-13-28-18-22)16-3-4-17-32-21-34(23-9-6-14-29-19-23)27-26(32)12-7-15-30-27/h1-2,5-15,18-19H,3-4,16-17,20-21H2. The molecule has 0 amide bonds. The van der Waals surface area contributed by atoms with Crippen molar-refractivity contribution in [3.8, 4) is 0 Å². The van der Waals surface area contributed by atoms with Crippen LogP contribution in [0.2, 0.25) is 0 Å². The fraction of sp³-hybridized carbons (Fsp3) is 0.222. The van der Waals surface area contributed by atoms with Gasteiger partial charge in [0, 0.05) is 31.7 Å². The predicted molar refractivity (Wildman–Crippen MR) is 137 cm³/mol. The van der Waals surface area contributed by atoms with Crippen LogP contribution in [0.25, 0.3) is 0 Å². The van der Waals surface area contributed by atoms with Gasteiger partial charge in [-0.15, -0.1) is 0 Å². The fourth-order valence-electron chi connectivity index (χ4n) is 4.88. The lowest BCUT2D eigenvalue weighted by Gasteiger charge is -2.23. The minimum Gasteiger partial charge on any atom is -0.352 e. The molecule has 7 heteroatoms. The molecule has 1 aromatic carbocycles. The summed E-state index contributed by atoms with van der Waals surface area (Å²) in [6.45, 7) is 3.68. The number of hydrogen-bond donors (Lipinski definition) is 0. The second-order valence-corrected chi connectivity index (χ2v) is 8.63. The highest BCUT2D eigenvalue weighted by molar-refractivity contribution is 5.82. The number of aromatic nitrogens is 3. The van der Waals surface area contributed by atoms with Gasteiger partial charge in [0.15, 0.2) is 5.82 Å². The van der Waals surface area contributed by atoms with Crippen LogP contribution in [-0.4, -0.2) is 41.4 Å². The Kier molecular flexibility index (Phi) is 5.43. The first-order valence-corrected chi connectivity index (χ1v) is 11.8. The molecule has 0 spiro atoms. The molecular formula is C27H27N7. The maximum absolute atomic E-state index is 4.66. The first-order valence-electron chi connectivity index (χ1n) is 11.8. The van der Waals surface area contributed by atoms with Crippen molar-refractivity contribution in [2.75, 3.05) is 46.0 Å². The van der Waals surface area contributed by atoms with E-state index in [0.29, 0.717) is 0 Å². The van der Waals surface area contributed by atoms with Crippen LogP contribution in [-0.2, 0) is 0 Å². The van der Waals surface area contributed by atoms with Gasteiger partial charge in [0.1, 0.15) is 0 Å². The molecule has 170 valence electrons. The van der Waals surface area contributed by atoms with E-state index in [-0.39, 0.29) is 0 Å². The van der Waals surface area contributed by atoms with Gasteiger partial charge in [-0.2, -0.15) is 0 Å². The van der Waals surface area contributed by atoms with Gasteiger partial charge < -0.3 is 19.6 Å². The third-order valence-corrected chi connectivity index (χ3v) is 6.52. The maximum atomic E-state index is 4.66. The monoisotopic (exact) mass is 449 g/mol. The Morgan fingerprint density at radius 3 is 1.88 bits per heavy atom. The number of rotatable bonds is 7. The van der Waals surface area contributed by atoms with Crippen LogP contribution in [0.1, 0.15) is 12.8 Å². The number of nitrogens with zero attached hydrogens (tertiary/aromatic N) is 7. The molecule has 0 bridgehead atoms. The summed E-state index contributed by atoms with van der Waals surface area (Å²) in [7, 11) is 0. The van der Waals surface area contributed by atoms with Crippen molar-refractivity contribution in [2.24, 2.45) is 0 Å².